The first-order valence-electron chi connectivity index (χ1n) is 9.38. The molecule has 0 radical (unpaired) electrons. The average molecular weight is 336 g/mol. The van der Waals surface area contributed by atoms with Crippen LogP contribution in [0, 0.1) is 0 Å². The van der Waals surface area contributed by atoms with Crippen LogP contribution in [0.4, 0.5) is 0 Å². The summed E-state index contributed by atoms with van der Waals surface area (Å²) in [6.07, 6.45) is 8.61. The van der Waals surface area contributed by atoms with Crippen LogP contribution >= 0.6 is 0 Å². The van der Waals surface area contributed by atoms with E-state index in [1.807, 2.05) is 4.68 Å². The van der Waals surface area contributed by atoms with Crippen molar-refractivity contribution in [3.8, 4) is 0 Å². The first-order valence-corrected chi connectivity index (χ1v) is 9.38. The maximum atomic E-state index is 6.09. The fourth-order valence-corrected chi connectivity index (χ4v) is 3.34. The summed E-state index contributed by atoms with van der Waals surface area (Å²) >= 11 is 0. The molecule has 2 aliphatic rings. The van der Waals surface area contributed by atoms with E-state index in [0.29, 0.717) is 12.2 Å². The summed E-state index contributed by atoms with van der Waals surface area (Å²) in [4.78, 5) is 2.45. The van der Waals surface area contributed by atoms with Crippen molar-refractivity contribution in [2.24, 2.45) is 0 Å². The third kappa shape index (κ3) is 5.01. The molecule has 1 aromatic rings. The third-order valence-corrected chi connectivity index (χ3v) is 4.94. The van der Waals surface area contributed by atoms with Gasteiger partial charge in [0.2, 0.25) is 0 Å². The number of nitrogens with zero attached hydrogens (tertiary/aromatic N) is 4. The van der Waals surface area contributed by atoms with Gasteiger partial charge < -0.3 is 9.47 Å². The van der Waals surface area contributed by atoms with E-state index >= 15 is 0 Å². The predicted molar refractivity (Wildman–Crippen MR) is 92.9 cm³/mol. The van der Waals surface area contributed by atoms with Crippen LogP contribution in [0.25, 0.3) is 0 Å². The van der Waals surface area contributed by atoms with Crippen molar-refractivity contribution in [1.82, 2.24) is 19.9 Å². The highest BCUT2D eigenvalue weighted by Crippen LogP contribution is 2.19. The van der Waals surface area contributed by atoms with Gasteiger partial charge in [0.1, 0.15) is 0 Å². The van der Waals surface area contributed by atoms with E-state index < -0.39 is 0 Å². The first kappa shape index (κ1) is 17.8. The van der Waals surface area contributed by atoms with Gasteiger partial charge in [-0.15, -0.1) is 5.10 Å². The first-order chi connectivity index (χ1) is 11.5. The van der Waals surface area contributed by atoms with Gasteiger partial charge in [-0.2, -0.15) is 0 Å². The molecule has 0 aromatic carbocycles. The van der Waals surface area contributed by atoms with E-state index in [9.17, 15) is 0 Å². The molecule has 0 aliphatic carbocycles. The van der Waals surface area contributed by atoms with Gasteiger partial charge in [-0.05, 0) is 52.9 Å². The maximum Gasteiger partial charge on any atom is 0.0967 e. The van der Waals surface area contributed by atoms with Crippen molar-refractivity contribution in [3.05, 3.63) is 11.9 Å². The largest absolute Gasteiger partial charge is 0.376 e. The molecular formula is C18H32N4O2. The molecule has 0 spiro atoms. The predicted octanol–water partition coefficient (Wildman–Crippen LogP) is 2.58. The van der Waals surface area contributed by atoms with Crippen LogP contribution in [0.2, 0.25) is 0 Å². The summed E-state index contributed by atoms with van der Waals surface area (Å²) in [6, 6.07) is 0. The number of hydrogen-bond donors (Lipinski definition) is 0. The zero-order valence-corrected chi connectivity index (χ0v) is 15.4. The van der Waals surface area contributed by atoms with Crippen molar-refractivity contribution in [1.29, 1.82) is 0 Å². The summed E-state index contributed by atoms with van der Waals surface area (Å²) in [5, 5.41) is 8.57. The van der Waals surface area contributed by atoms with E-state index in [-0.39, 0.29) is 5.54 Å². The molecular weight excluding hydrogens is 304 g/mol. The molecule has 0 unspecified atom stereocenters. The summed E-state index contributed by atoms with van der Waals surface area (Å²) < 4.78 is 13.8. The molecule has 3 rings (SSSR count). The Morgan fingerprint density at radius 3 is 2.62 bits per heavy atom. The van der Waals surface area contributed by atoms with Crippen LogP contribution in [-0.2, 0) is 21.6 Å². The lowest BCUT2D eigenvalue weighted by Gasteiger charge is -2.32. The zero-order valence-electron chi connectivity index (χ0n) is 15.4. The molecule has 2 saturated heterocycles. The molecule has 0 saturated carbocycles. The molecule has 0 bridgehead atoms. The van der Waals surface area contributed by atoms with Crippen LogP contribution in [0.3, 0.4) is 0 Å². The lowest BCUT2D eigenvalue weighted by molar-refractivity contribution is -0.0753. The normalized spacial score (nSPS) is 24.4. The number of hydrogen-bond acceptors (Lipinski definition) is 5. The van der Waals surface area contributed by atoms with E-state index in [2.05, 4.69) is 42.2 Å². The Morgan fingerprint density at radius 2 is 2.00 bits per heavy atom. The lowest BCUT2D eigenvalue weighted by atomic mass is 10.1. The Balaban J connectivity index is 1.38. The Bertz CT molecular complexity index is 497. The molecule has 2 fully saturated rings. The number of ether oxygens (including phenoxy) is 2. The number of aromatic nitrogens is 3. The third-order valence-electron chi connectivity index (χ3n) is 4.94. The number of rotatable bonds is 5. The SMILES string of the molecule is CC(C)(C)n1cc(CN2CCC(OC[C@@H]3CCCCO3)CC2)nn1. The van der Waals surface area contributed by atoms with Crippen LogP contribution < -0.4 is 0 Å². The summed E-state index contributed by atoms with van der Waals surface area (Å²) in [5.74, 6) is 0. The van der Waals surface area contributed by atoms with Crippen molar-refractivity contribution in [2.45, 2.75) is 77.2 Å². The van der Waals surface area contributed by atoms with Crippen LogP contribution in [0.5, 0.6) is 0 Å². The monoisotopic (exact) mass is 336 g/mol. The molecule has 3 heterocycles. The molecule has 0 N–H and O–H groups in total. The quantitative estimate of drug-likeness (QED) is 0.827. The topological polar surface area (TPSA) is 52.4 Å². The summed E-state index contributed by atoms with van der Waals surface area (Å²) in [7, 11) is 0. The lowest BCUT2D eigenvalue weighted by Crippen LogP contribution is -2.38. The highest BCUT2D eigenvalue weighted by molar-refractivity contribution is 4.95. The van der Waals surface area contributed by atoms with E-state index in [4.69, 9.17) is 9.47 Å². The molecule has 6 heteroatoms. The van der Waals surface area contributed by atoms with Crippen molar-refractivity contribution < 1.29 is 9.47 Å². The standard InChI is InChI=1S/C18H32N4O2/c1-18(2,3)22-13-15(19-20-22)12-21-9-7-16(8-10-21)24-14-17-6-4-5-11-23-17/h13,16-17H,4-12,14H2,1-3H3/t17-/m0/s1. The smallest absolute Gasteiger partial charge is 0.0967 e. The number of likely N-dealkylation sites (tertiary alicyclic amines) is 1. The minimum Gasteiger partial charge on any atom is -0.376 e. The molecule has 24 heavy (non-hydrogen) atoms. The second kappa shape index (κ2) is 7.93. The molecule has 0 amide bonds. The Hall–Kier alpha value is -0.980. The van der Waals surface area contributed by atoms with Gasteiger partial charge in [0.25, 0.3) is 0 Å². The fraction of sp³-hybridized carbons (Fsp3) is 0.889. The molecule has 136 valence electrons. The Morgan fingerprint density at radius 1 is 1.21 bits per heavy atom. The van der Waals surface area contributed by atoms with Crippen molar-refractivity contribution >= 4 is 0 Å². The van der Waals surface area contributed by atoms with Gasteiger partial charge in [-0.25, -0.2) is 4.68 Å². The van der Waals surface area contributed by atoms with Gasteiger partial charge in [0.15, 0.2) is 0 Å². The van der Waals surface area contributed by atoms with E-state index in [0.717, 1.165) is 57.8 Å². The van der Waals surface area contributed by atoms with Gasteiger partial charge in [-0.3, -0.25) is 4.90 Å². The summed E-state index contributed by atoms with van der Waals surface area (Å²) in [5.41, 5.74) is 1.05. The van der Waals surface area contributed by atoms with E-state index in [1.165, 1.54) is 12.8 Å². The van der Waals surface area contributed by atoms with Gasteiger partial charge in [-0.1, -0.05) is 5.21 Å². The maximum absolute atomic E-state index is 6.09. The van der Waals surface area contributed by atoms with Crippen LogP contribution in [-0.4, -0.2) is 58.4 Å². The van der Waals surface area contributed by atoms with Gasteiger partial charge in [0.05, 0.1) is 36.2 Å². The van der Waals surface area contributed by atoms with Crippen molar-refractivity contribution in [2.75, 3.05) is 26.3 Å². The Kier molecular flexibility index (Phi) is 5.89. The highest BCUT2D eigenvalue weighted by atomic mass is 16.5. The second-order valence-electron chi connectivity index (χ2n) is 8.12. The summed E-state index contributed by atoms with van der Waals surface area (Å²) in [6.45, 7) is 11.1. The minimum atomic E-state index is -0.00667. The van der Waals surface area contributed by atoms with Crippen LogP contribution in [0.1, 0.15) is 58.6 Å². The molecule has 1 atom stereocenters. The fourth-order valence-electron chi connectivity index (χ4n) is 3.34. The second-order valence-corrected chi connectivity index (χ2v) is 8.12. The van der Waals surface area contributed by atoms with Crippen LogP contribution in [0.15, 0.2) is 6.20 Å². The molecule has 6 nitrogen and oxygen atoms in total. The van der Waals surface area contributed by atoms with Gasteiger partial charge in [0, 0.05) is 26.2 Å². The zero-order chi connectivity index (χ0) is 17.0. The minimum absolute atomic E-state index is 0.00667. The number of piperidine rings is 1. The Labute approximate surface area is 145 Å². The van der Waals surface area contributed by atoms with E-state index in [1.54, 1.807) is 0 Å². The molecule has 2 aliphatic heterocycles. The molecule has 1 aromatic heterocycles. The average Bonchev–Trinajstić information content (AvgIpc) is 3.04. The van der Waals surface area contributed by atoms with Gasteiger partial charge >= 0.3 is 0 Å². The van der Waals surface area contributed by atoms with Crippen molar-refractivity contribution in [3.63, 3.8) is 0 Å². The highest BCUT2D eigenvalue weighted by Gasteiger charge is 2.23.